The van der Waals surface area contributed by atoms with Gasteiger partial charge < -0.3 is 10.1 Å². The standard InChI is InChI=1S/C27H36NO3P/c1-5-11-24(27(30)28-26-21(3)16-20(2)17-22(26)4)32(14-9-10-15-32)19-25(29)31-18-23-12-7-6-8-13-23/h6-8,12-13,16-17,24H,5,9-11,14-15,18-19H2,1-4H3/p+1. The van der Waals surface area contributed by atoms with E-state index in [4.69, 9.17) is 4.74 Å². The van der Waals surface area contributed by atoms with Gasteiger partial charge in [0.25, 0.3) is 5.91 Å². The third-order valence-electron chi connectivity index (χ3n) is 6.59. The molecule has 1 aliphatic rings. The number of nitrogens with one attached hydrogen (secondary N) is 1. The number of ether oxygens (including phenoxy) is 1. The molecule has 0 radical (unpaired) electrons. The van der Waals surface area contributed by atoms with E-state index in [1.54, 1.807) is 0 Å². The first-order valence-electron chi connectivity index (χ1n) is 11.8. The quantitative estimate of drug-likeness (QED) is 0.359. The molecule has 1 amide bonds. The highest BCUT2D eigenvalue weighted by atomic mass is 31.2. The van der Waals surface area contributed by atoms with Crippen LogP contribution in [0.5, 0.6) is 0 Å². The van der Waals surface area contributed by atoms with Gasteiger partial charge in [-0.15, -0.1) is 0 Å². The highest BCUT2D eigenvalue weighted by Gasteiger charge is 2.53. The van der Waals surface area contributed by atoms with Gasteiger partial charge in [0, 0.05) is 12.9 Å². The van der Waals surface area contributed by atoms with Gasteiger partial charge >= 0.3 is 5.97 Å². The molecular formula is C27H37NO3P+. The number of carbonyl (C=O) groups excluding carboxylic acids is 2. The summed E-state index contributed by atoms with van der Waals surface area (Å²) in [7, 11) is -1.77. The van der Waals surface area contributed by atoms with Crippen molar-refractivity contribution in [3.05, 3.63) is 64.7 Å². The Labute approximate surface area is 193 Å². The van der Waals surface area contributed by atoms with Gasteiger partial charge in [0.2, 0.25) is 0 Å². The van der Waals surface area contributed by atoms with Gasteiger partial charge in [0.05, 0.1) is 12.3 Å². The lowest BCUT2D eigenvalue weighted by molar-refractivity contribution is -0.141. The number of carbonyl (C=O) groups is 2. The van der Waals surface area contributed by atoms with E-state index in [2.05, 4.69) is 31.3 Å². The second-order valence-corrected chi connectivity index (χ2v) is 13.5. The average Bonchev–Trinajstić information content (AvgIpc) is 3.22. The number of hydrogen-bond acceptors (Lipinski definition) is 3. The molecule has 0 aliphatic carbocycles. The first-order valence-corrected chi connectivity index (χ1v) is 14.2. The number of amides is 1. The van der Waals surface area contributed by atoms with Crippen molar-refractivity contribution >= 4 is 24.8 Å². The van der Waals surface area contributed by atoms with Crippen LogP contribution in [-0.4, -0.2) is 36.0 Å². The van der Waals surface area contributed by atoms with E-state index in [-0.39, 0.29) is 17.5 Å². The van der Waals surface area contributed by atoms with Crippen LogP contribution in [0.15, 0.2) is 42.5 Å². The van der Waals surface area contributed by atoms with Crippen molar-refractivity contribution in [2.75, 3.05) is 23.8 Å². The Morgan fingerprint density at radius 1 is 1.03 bits per heavy atom. The van der Waals surface area contributed by atoms with Crippen LogP contribution in [0.1, 0.15) is 54.9 Å². The zero-order valence-electron chi connectivity index (χ0n) is 19.9. The lowest BCUT2D eigenvalue weighted by Crippen LogP contribution is -2.34. The molecular weight excluding hydrogens is 417 g/mol. The molecule has 2 aromatic rings. The normalized spacial score (nSPS) is 15.9. The summed E-state index contributed by atoms with van der Waals surface area (Å²) in [5, 5.41) is 3.26. The SMILES string of the molecule is CCCC(C(=O)Nc1c(C)cc(C)cc1C)[P+]1(CC(=O)OCc2ccccc2)CCCC1. The number of aryl methyl sites for hydroxylation is 3. The molecule has 1 unspecified atom stereocenters. The first kappa shape index (κ1) is 24.5. The smallest absolute Gasteiger partial charge is 0.344 e. The summed E-state index contributed by atoms with van der Waals surface area (Å²) in [5.41, 5.74) is 5.21. The van der Waals surface area contributed by atoms with Crippen molar-refractivity contribution in [2.45, 2.75) is 65.6 Å². The van der Waals surface area contributed by atoms with Crippen LogP contribution in [0.25, 0.3) is 0 Å². The van der Waals surface area contributed by atoms with E-state index < -0.39 is 7.26 Å². The van der Waals surface area contributed by atoms with Crippen molar-refractivity contribution in [1.82, 2.24) is 0 Å². The third kappa shape index (κ3) is 5.98. The molecule has 2 aromatic carbocycles. The average molecular weight is 455 g/mol. The van der Waals surface area contributed by atoms with E-state index in [0.29, 0.717) is 12.8 Å². The van der Waals surface area contributed by atoms with Crippen molar-refractivity contribution in [3.63, 3.8) is 0 Å². The lowest BCUT2D eigenvalue weighted by atomic mass is 10.0. The van der Waals surface area contributed by atoms with Gasteiger partial charge in [0.15, 0.2) is 6.16 Å². The van der Waals surface area contributed by atoms with Crippen LogP contribution in [0.3, 0.4) is 0 Å². The zero-order valence-corrected chi connectivity index (χ0v) is 20.8. The fraction of sp³-hybridized carbons (Fsp3) is 0.481. The maximum Gasteiger partial charge on any atom is 0.344 e. The molecule has 1 atom stereocenters. The molecule has 0 spiro atoms. The fourth-order valence-electron chi connectivity index (χ4n) is 5.10. The molecule has 0 bridgehead atoms. The van der Waals surface area contributed by atoms with Gasteiger partial charge in [-0.1, -0.05) is 61.4 Å². The summed E-state index contributed by atoms with van der Waals surface area (Å²) in [6, 6.07) is 14.0. The van der Waals surface area contributed by atoms with Crippen molar-refractivity contribution in [2.24, 2.45) is 0 Å². The number of benzene rings is 2. The van der Waals surface area contributed by atoms with E-state index in [1.165, 1.54) is 5.56 Å². The van der Waals surface area contributed by atoms with Crippen LogP contribution in [0.4, 0.5) is 5.69 Å². The summed E-state index contributed by atoms with van der Waals surface area (Å²) in [6.45, 7) is 8.60. The Kier molecular flexibility index (Phi) is 8.48. The largest absolute Gasteiger partial charge is 0.458 e. The maximum absolute atomic E-state index is 13.6. The van der Waals surface area contributed by atoms with E-state index in [1.807, 2.05) is 44.2 Å². The Morgan fingerprint density at radius 2 is 1.66 bits per heavy atom. The topological polar surface area (TPSA) is 55.4 Å². The van der Waals surface area contributed by atoms with E-state index in [9.17, 15) is 9.59 Å². The highest BCUT2D eigenvalue weighted by Crippen LogP contribution is 2.68. The van der Waals surface area contributed by atoms with Gasteiger partial charge in [0.1, 0.15) is 12.3 Å². The molecule has 1 saturated heterocycles. The van der Waals surface area contributed by atoms with Crippen molar-refractivity contribution < 1.29 is 14.3 Å². The molecule has 3 rings (SSSR count). The molecule has 1 aliphatic heterocycles. The van der Waals surface area contributed by atoms with Gasteiger partial charge in [-0.05, 0) is 56.7 Å². The van der Waals surface area contributed by atoms with Crippen molar-refractivity contribution in [1.29, 1.82) is 0 Å². The summed E-state index contributed by atoms with van der Waals surface area (Å²) in [5.74, 6) is -0.0614. The number of rotatable bonds is 9. The fourth-order valence-corrected chi connectivity index (χ4v) is 10.2. The molecule has 4 nitrogen and oxygen atoms in total. The Hall–Kier alpha value is -2.19. The summed E-state index contributed by atoms with van der Waals surface area (Å²) in [6.07, 6.45) is 6.42. The van der Waals surface area contributed by atoms with E-state index in [0.717, 1.165) is 60.4 Å². The molecule has 0 aromatic heterocycles. The summed E-state index contributed by atoms with van der Waals surface area (Å²) >= 11 is 0. The maximum atomic E-state index is 13.6. The molecule has 1 fully saturated rings. The molecule has 0 saturated carbocycles. The first-order chi connectivity index (χ1) is 15.3. The minimum atomic E-state index is -1.77. The van der Waals surface area contributed by atoms with Crippen LogP contribution in [-0.2, 0) is 20.9 Å². The van der Waals surface area contributed by atoms with Gasteiger partial charge in [-0.25, -0.2) is 4.79 Å². The van der Waals surface area contributed by atoms with Crippen LogP contribution in [0.2, 0.25) is 0 Å². The van der Waals surface area contributed by atoms with Crippen LogP contribution in [0, 0.1) is 20.8 Å². The molecule has 32 heavy (non-hydrogen) atoms. The van der Waals surface area contributed by atoms with Crippen LogP contribution < -0.4 is 5.32 Å². The predicted molar refractivity (Wildman–Crippen MR) is 135 cm³/mol. The summed E-state index contributed by atoms with van der Waals surface area (Å²) in [4.78, 5) is 26.5. The summed E-state index contributed by atoms with van der Waals surface area (Å²) < 4.78 is 5.65. The monoisotopic (exact) mass is 454 g/mol. The predicted octanol–water partition coefficient (Wildman–Crippen LogP) is 6.27. The lowest BCUT2D eigenvalue weighted by Gasteiger charge is -2.30. The third-order valence-corrected chi connectivity index (χ3v) is 11.7. The van der Waals surface area contributed by atoms with Gasteiger partial charge in [-0.3, -0.25) is 4.79 Å². The number of anilines is 1. The Morgan fingerprint density at radius 3 is 2.25 bits per heavy atom. The van der Waals surface area contributed by atoms with Crippen molar-refractivity contribution in [3.8, 4) is 0 Å². The molecule has 1 heterocycles. The Balaban J connectivity index is 1.76. The number of esters is 1. The zero-order chi connectivity index (χ0) is 23.1. The molecule has 1 N–H and O–H groups in total. The molecule has 172 valence electrons. The van der Waals surface area contributed by atoms with Crippen LogP contribution >= 0.6 is 7.26 Å². The number of hydrogen-bond donors (Lipinski definition) is 1. The Bertz CT molecular complexity index is 912. The minimum absolute atomic E-state index is 0.0839. The minimum Gasteiger partial charge on any atom is -0.458 e. The highest BCUT2D eigenvalue weighted by molar-refractivity contribution is 7.78. The second-order valence-electron chi connectivity index (χ2n) is 9.24. The van der Waals surface area contributed by atoms with Gasteiger partial charge in [-0.2, -0.15) is 0 Å². The molecule has 5 heteroatoms. The van der Waals surface area contributed by atoms with E-state index >= 15 is 0 Å². The second kappa shape index (κ2) is 11.1.